The predicted molar refractivity (Wildman–Crippen MR) is 440 cm³/mol. The SMILES string of the molecule is Cc1cc(-c2cc(C)c(C)c(C)c2C)c(C)c(C)c1C.Cc1cc(-c2cc(C)c(C)c3c(C)c(C)c(C)c(C)c23)c(C)c(C)c1C.Cc1cc(-c2cc(C)c3c(C)c(C)c(C)c(C)c3c2C)c(C)c(C)c1C.Cc1cc(-c2cc3c(C)c(C)c(C)c(C)c3c(C)c2C)c(C)c(C)c1C. The predicted octanol–water partition coefficient (Wildman–Crippen LogP) is 28.6. The first-order chi connectivity index (χ1) is 45.5. The maximum atomic E-state index is 2.45. The maximum absolute atomic E-state index is 2.45. The van der Waals surface area contributed by atoms with Crippen molar-refractivity contribution in [3.8, 4) is 44.5 Å². The van der Waals surface area contributed by atoms with Gasteiger partial charge in [-0.15, -0.1) is 0 Å². The van der Waals surface area contributed by atoms with E-state index in [1.54, 1.807) is 0 Å². The molecule has 0 heterocycles. The van der Waals surface area contributed by atoms with Crippen LogP contribution in [0.25, 0.3) is 76.8 Å². The van der Waals surface area contributed by atoms with Crippen molar-refractivity contribution in [1.29, 1.82) is 0 Å². The molecule has 11 aromatic carbocycles. The molecule has 0 bridgehead atoms. The number of hydrogen-bond acceptors (Lipinski definition) is 0. The number of rotatable bonds is 4. The second-order valence-electron chi connectivity index (χ2n) is 30.9. The minimum atomic E-state index is 1.38. The smallest absolute Gasteiger partial charge is 0.00677 e. The van der Waals surface area contributed by atoms with E-state index in [0.717, 1.165) is 0 Å². The normalized spacial score (nSPS) is 11.4. The number of fused-ring (bicyclic) bond motifs is 3. The van der Waals surface area contributed by atoms with Crippen LogP contribution in [0.3, 0.4) is 0 Å². The number of benzene rings is 11. The summed E-state index contributed by atoms with van der Waals surface area (Å²) in [6.45, 7) is 85.9. The largest absolute Gasteiger partial charge is 0.0509 e. The molecule has 0 atom stereocenters. The molecule has 514 valence electrons. The fourth-order valence-electron chi connectivity index (χ4n) is 16.4. The lowest BCUT2D eigenvalue weighted by molar-refractivity contribution is 1.19. The van der Waals surface area contributed by atoms with E-state index in [1.807, 2.05) is 0 Å². The van der Waals surface area contributed by atoms with Crippen molar-refractivity contribution in [2.45, 2.75) is 263 Å². The summed E-state index contributed by atoms with van der Waals surface area (Å²) in [7, 11) is 0. The summed E-state index contributed by atoms with van der Waals surface area (Å²) in [6.07, 6.45) is 0. The van der Waals surface area contributed by atoms with Crippen molar-refractivity contribution < 1.29 is 0 Å². The minimum absolute atomic E-state index is 1.38. The summed E-state index contributed by atoms with van der Waals surface area (Å²) >= 11 is 0. The van der Waals surface area contributed by atoms with Gasteiger partial charge in [0.05, 0.1) is 0 Å². The Morgan fingerprint density at radius 3 is 0.612 bits per heavy atom. The van der Waals surface area contributed by atoms with Gasteiger partial charge in [-0.05, 0) is 557 Å². The molecule has 0 fully saturated rings. The molecule has 98 heavy (non-hydrogen) atoms. The lowest BCUT2D eigenvalue weighted by Crippen LogP contribution is -2.01. The van der Waals surface area contributed by atoms with E-state index in [4.69, 9.17) is 0 Å². The Morgan fingerprint density at radius 1 is 0.102 bits per heavy atom. The molecule has 0 aromatic heterocycles. The van der Waals surface area contributed by atoms with Gasteiger partial charge in [0.25, 0.3) is 0 Å². The summed E-state index contributed by atoms with van der Waals surface area (Å²) in [5.74, 6) is 0. The molecule has 0 saturated carbocycles. The third-order valence-electron chi connectivity index (χ3n) is 26.4. The van der Waals surface area contributed by atoms with Crippen LogP contribution in [0.4, 0.5) is 0 Å². The highest BCUT2D eigenvalue weighted by Gasteiger charge is 2.23. The van der Waals surface area contributed by atoms with E-state index in [0.29, 0.717) is 0 Å². The highest BCUT2D eigenvalue weighted by Crippen LogP contribution is 2.45. The molecular formula is C98H122. The first kappa shape index (κ1) is 76.0. The molecule has 0 nitrogen and oxygen atoms in total. The van der Waals surface area contributed by atoms with E-state index in [-0.39, 0.29) is 0 Å². The van der Waals surface area contributed by atoms with E-state index in [2.05, 4.69) is 312 Å². The lowest BCUT2D eigenvalue weighted by atomic mass is 9.82. The van der Waals surface area contributed by atoms with Gasteiger partial charge in [0.2, 0.25) is 0 Å². The van der Waals surface area contributed by atoms with Crippen LogP contribution in [0, 0.1) is 263 Å². The van der Waals surface area contributed by atoms with Gasteiger partial charge in [-0.3, -0.25) is 0 Å². The van der Waals surface area contributed by atoms with Gasteiger partial charge in [-0.25, -0.2) is 0 Å². The van der Waals surface area contributed by atoms with Gasteiger partial charge in [-0.2, -0.15) is 0 Å². The van der Waals surface area contributed by atoms with Crippen LogP contribution in [0.15, 0.2) is 48.5 Å². The molecule has 0 spiro atoms. The summed E-state index contributed by atoms with van der Waals surface area (Å²) in [5, 5.41) is 8.67. The summed E-state index contributed by atoms with van der Waals surface area (Å²) < 4.78 is 0. The monoisotopic (exact) mass is 1300 g/mol. The Kier molecular flexibility index (Phi) is 22.0. The van der Waals surface area contributed by atoms with Crippen LogP contribution in [-0.4, -0.2) is 0 Å². The van der Waals surface area contributed by atoms with Crippen LogP contribution >= 0.6 is 0 Å². The Bertz CT molecular complexity index is 5010. The van der Waals surface area contributed by atoms with Crippen LogP contribution in [0.2, 0.25) is 0 Å². The minimum Gasteiger partial charge on any atom is -0.0509 e. The van der Waals surface area contributed by atoms with Crippen molar-refractivity contribution in [1.82, 2.24) is 0 Å². The lowest BCUT2D eigenvalue weighted by Gasteiger charge is -2.23. The first-order valence-electron chi connectivity index (χ1n) is 36.4. The zero-order valence-electron chi connectivity index (χ0n) is 68.6. The third kappa shape index (κ3) is 12.9. The van der Waals surface area contributed by atoms with Gasteiger partial charge >= 0.3 is 0 Å². The number of aryl methyl sites for hydroxylation is 16. The van der Waals surface area contributed by atoms with Gasteiger partial charge < -0.3 is 0 Å². The summed E-state index contributed by atoms with van der Waals surface area (Å²) in [5.41, 5.74) is 65.0. The van der Waals surface area contributed by atoms with Crippen LogP contribution in [0.1, 0.15) is 211 Å². The second kappa shape index (κ2) is 28.4. The highest BCUT2D eigenvalue weighted by atomic mass is 14.3. The van der Waals surface area contributed by atoms with E-state index in [1.165, 1.54) is 288 Å². The molecule has 0 aliphatic carbocycles. The van der Waals surface area contributed by atoms with Gasteiger partial charge in [0, 0.05) is 0 Å². The summed E-state index contributed by atoms with van der Waals surface area (Å²) in [4.78, 5) is 0. The maximum Gasteiger partial charge on any atom is -0.00677 e. The quantitative estimate of drug-likeness (QED) is 0.165. The second-order valence-corrected chi connectivity index (χ2v) is 30.9. The van der Waals surface area contributed by atoms with Crippen LogP contribution in [0.5, 0.6) is 0 Å². The molecule has 11 rings (SSSR count). The molecule has 0 aliphatic rings. The fourth-order valence-corrected chi connectivity index (χ4v) is 16.4. The molecule has 0 N–H and O–H groups in total. The molecular weight excluding hydrogens is 1180 g/mol. The van der Waals surface area contributed by atoms with Crippen LogP contribution < -0.4 is 0 Å². The van der Waals surface area contributed by atoms with Crippen molar-refractivity contribution in [3.63, 3.8) is 0 Å². The molecule has 0 amide bonds. The Morgan fingerprint density at radius 2 is 0.286 bits per heavy atom. The molecule has 0 saturated heterocycles. The van der Waals surface area contributed by atoms with Crippen LogP contribution in [-0.2, 0) is 0 Å². The van der Waals surface area contributed by atoms with Crippen molar-refractivity contribution in [2.24, 2.45) is 0 Å². The fraction of sp³-hybridized carbons (Fsp3) is 0.388. The highest BCUT2D eigenvalue weighted by molar-refractivity contribution is 6.05. The zero-order chi connectivity index (χ0) is 73.7. The van der Waals surface area contributed by atoms with Crippen molar-refractivity contribution in [3.05, 3.63) is 260 Å². The Balaban J connectivity index is 0.000000168. The molecule has 0 unspecified atom stereocenters. The Hall–Kier alpha value is -7.80. The van der Waals surface area contributed by atoms with Crippen molar-refractivity contribution >= 4 is 32.3 Å². The van der Waals surface area contributed by atoms with Gasteiger partial charge in [0.15, 0.2) is 0 Å². The topological polar surface area (TPSA) is 0 Å². The average molecular weight is 1300 g/mol. The van der Waals surface area contributed by atoms with Gasteiger partial charge in [-0.1, -0.05) is 42.5 Å². The Labute approximate surface area is 596 Å². The van der Waals surface area contributed by atoms with Gasteiger partial charge in [0.1, 0.15) is 0 Å². The molecule has 0 heteroatoms. The average Bonchev–Trinajstić information content (AvgIpc) is 0.747. The molecule has 11 aromatic rings. The zero-order valence-corrected chi connectivity index (χ0v) is 68.6. The standard InChI is InChI=1S/3C26H32.C20H26/c1-13-11-23(18(6)15(3)14(13)2)24-12-25-19(7)16(4)17(5)21(9)26(25)22(10)20(24)8;1-13-11-23(19(7)16(4)15(13)3)24-12-14(2)25-20(8)17(5)18(6)21(9)26(25)22(24)10;1-13-11-23(20(8)17(5)15(13)3)24-12-14(2)16(4)25-21(9)18(6)19(7)22(10)26(24)25;1-11-9-19(17(7)15(5)13(11)3)20-10-12(2)14(4)16(6)18(20)8/h3*11-12H,1-10H3;9-10H,1-8H3. The third-order valence-corrected chi connectivity index (χ3v) is 26.4. The summed E-state index contributed by atoms with van der Waals surface area (Å²) in [6, 6.07) is 19.1. The van der Waals surface area contributed by atoms with E-state index >= 15 is 0 Å². The number of hydrogen-bond donors (Lipinski definition) is 0. The molecule has 0 aliphatic heterocycles. The van der Waals surface area contributed by atoms with Crippen molar-refractivity contribution in [2.75, 3.05) is 0 Å². The van der Waals surface area contributed by atoms with E-state index in [9.17, 15) is 0 Å². The molecule has 0 radical (unpaired) electrons. The first-order valence-corrected chi connectivity index (χ1v) is 36.4. The van der Waals surface area contributed by atoms with E-state index < -0.39 is 0 Å².